The molecule has 0 atom stereocenters. The second-order valence-corrected chi connectivity index (χ2v) is 2.57. The molecule has 0 saturated heterocycles. The summed E-state index contributed by atoms with van der Waals surface area (Å²) in [6.45, 7) is 0.449. The van der Waals surface area contributed by atoms with Gasteiger partial charge < -0.3 is 10.4 Å². The Morgan fingerprint density at radius 3 is 2.31 bits per heavy atom. The molecule has 0 amide bonds. The van der Waals surface area contributed by atoms with Crippen LogP contribution < -0.4 is 5.32 Å². The number of aliphatic hydroxyl groups is 1. The first-order valence-electron chi connectivity index (χ1n) is 3.97. The van der Waals surface area contributed by atoms with Gasteiger partial charge in [-0.15, -0.1) is 0 Å². The lowest BCUT2D eigenvalue weighted by Gasteiger charge is -2.04. The molecule has 0 fully saturated rings. The Hall–Kier alpha value is -1.16. The van der Waals surface area contributed by atoms with Gasteiger partial charge in [0.2, 0.25) is 0 Å². The normalized spacial score (nSPS) is 10.5. The molecule has 1 aromatic rings. The van der Waals surface area contributed by atoms with Crippen LogP contribution in [0, 0.1) is 0 Å². The summed E-state index contributed by atoms with van der Waals surface area (Å²) in [4.78, 5) is 0. The van der Waals surface area contributed by atoms with Crippen molar-refractivity contribution in [1.82, 2.24) is 0 Å². The first-order valence-corrected chi connectivity index (χ1v) is 3.97. The average molecular weight is 187 g/mol. The summed E-state index contributed by atoms with van der Waals surface area (Å²) in [5.41, 5.74) is 0.744. The number of rotatable bonds is 4. The van der Waals surface area contributed by atoms with Crippen molar-refractivity contribution in [3.05, 3.63) is 29.8 Å². The Kier molecular flexibility index (Phi) is 3.64. The van der Waals surface area contributed by atoms with E-state index >= 15 is 0 Å². The minimum Gasteiger partial charge on any atom is -0.395 e. The third kappa shape index (κ3) is 2.99. The molecule has 4 heteroatoms. The Labute approximate surface area is 75.2 Å². The number of hydrogen-bond donors (Lipinski definition) is 2. The number of hydrogen-bond acceptors (Lipinski definition) is 2. The fraction of sp³-hybridized carbons (Fsp3) is 0.333. The molecule has 0 radical (unpaired) electrons. The minimum absolute atomic E-state index is 0.00884. The molecule has 2 nitrogen and oxygen atoms in total. The molecule has 0 aliphatic carbocycles. The van der Waals surface area contributed by atoms with Crippen LogP contribution in [0.5, 0.6) is 0 Å². The highest BCUT2D eigenvalue weighted by Gasteiger charge is 2.04. The van der Waals surface area contributed by atoms with Crippen LogP contribution >= 0.6 is 0 Å². The minimum atomic E-state index is -2.42. The van der Waals surface area contributed by atoms with Crippen LogP contribution in [0.3, 0.4) is 0 Å². The highest BCUT2D eigenvalue weighted by Crippen LogP contribution is 2.20. The summed E-state index contributed by atoms with van der Waals surface area (Å²) in [5.74, 6) is 0. The topological polar surface area (TPSA) is 32.3 Å². The number of halogens is 2. The van der Waals surface area contributed by atoms with Crippen LogP contribution in [-0.4, -0.2) is 18.3 Å². The maximum absolute atomic E-state index is 12.1. The van der Waals surface area contributed by atoms with Crippen molar-refractivity contribution in [2.45, 2.75) is 6.43 Å². The quantitative estimate of drug-likeness (QED) is 0.755. The first-order chi connectivity index (χ1) is 6.24. The molecule has 1 rings (SSSR count). The van der Waals surface area contributed by atoms with Gasteiger partial charge in [0.05, 0.1) is 6.61 Å². The average Bonchev–Trinajstić information content (AvgIpc) is 2.15. The molecule has 2 N–H and O–H groups in total. The molecule has 72 valence electrons. The molecular formula is C9H11F2NO. The maximum Gasteiger partial charge on any atom is 0.263 e. The largest absolute Gasteiger partial charge is 0.395 e. The predicted octanol–water partition coefficient (Wildman–Crippen LogP) is 2.03. The number of aliphatic hydroxyl groups excluding tert-OH is 1. The van der Waals surface area contributed by atoms with Crippen molar-refractivity contribution in [3.8, 4) is 0 Å². The highest BCUT2D eigenvalue weighted by atomic mass is 19.3. The van der Waals surface area contributed by atoms with Crippen LogP contribution in [0.25, 0.3) is 0 Å². The zero-order valence-corrected chi connectivity index (χ0v) is 7.00. The Morgan fingerprint density at radius 1 is 1.23 bits per heavy atom. The van der Waals surface area contributed by atoms with E-state index in [1.165, 1.54) is 12.1 Å². The van der Waals surface area contributed by atoms with E-state index in [2.05, 4.69) is 5.32 Å². The third-order valence-corrected chi connectivity index (χ3v) is 1.60. The van der Waals surface area contributed by atoms with Gasteiger partial charge in [0.15, 0.2) is 0 Å². The van der Waals surface area contributed by atoms with Crippen molar-refractivity contribution in [1.29, 1.82) is 0 Å². The SMILES string of the molecule is OCCNc1ccc(C(F)F)cc1. The fourth-order valence-corrected chi connectivity index (χ4v) is 0.947. The second-order valence-electron chi connectivity index (χ2n) is 2.57. The van der Waals surface area contributed by atoms with Crippen LogP contribution in [0.4, 0.5) is 14.5 Å². The maximum atomic E-state index is 12.1. The van der Waals surface area contributed by atoms with E-state index in [0.717, 1.165) is 5.69 Å². The van der Waals surface area contributed by atoms with Crippen molar-refractivity contribution >= 4 is 5.69 Å². The van der Waals surface area contributed by atoms with Crippen LogP contribution in [0.2, 0.25) is 0 Å². The summed E-state index contributed by atoms with van der Waals surface area (Å²) >= 11 is 0. The lowest BCUT2D eigenvalue weighted by molar-refractivity contribution is 0.151. The zero-order chi connectivity index (χ0) is 9.68. The lowest BCUT2D eigenvalue weighted by atomic mass is 10.2. The van der Waals surface area contributed by atoms with Gasteiger partial charge in [0, 0.05) is 17.8 Å². The Morgan fingerprint density at radius 2 is 1.85 bits per heavy atom. The van der Waals surface area contributed by atoms with Gasteiger partial charge in [-0.2, -0.15) is 0 Å². The van der Waals surface area contributed by atoms with E-state index in [1.807, 2.05) is 0 Å². The molecular weight excluding hydrogens is 176 g/mol. The van der Waals surface area contributed by atoms with Gasteiger partial charge in [-0.05, 0) is 12.1 Å². The molecule has 0 bridgehead atoms. The predicted molar refractivity (Wildman–Crippen MR) is 47.0 cm³/mol. The summed E-state index contributed by atoms with van der Waals surface area (Å²) in [6.07, 6.45) is -2.42. The number of benzene rings is 1. The molecule has 0 spiro atoms. The van der Waals surface area contributed by atoms with Crippen LogP contribution in [0.1, 0.15) is 12.0 Å². The van der Waals surface area contributed by atoms with Gasteiger partial charge in [-0.1, -0.05) is 12.1 Å². The molecule has 0 aliphatic heterocycles. The molecule has 13 heavy (non-hydrogen) atoms. The van der Waals surface area contributed by atoms with E-state index in [-0.39, 0.29) is 12.2 Å². The van der Waals surface area contributed by atoms with Crippen molar-refractivity contribution in [3.63, 3.8) is 0 Å². The van der Waals surface area contributed by atoms with Gasteiger partial charge in [0.25, 0.3) is 6.43 Å². The Bertz CT molecular complexity index is 248. The number of nitrogens with one attached hydrogen (secondary N) is 1. The standard InChI is InChI=1S/C9H11F2NO/c10-9(11)7-1-3-8(4-2-7)12-5-6-13/h1-4,9,12-13H,5-6H2. The van der Waals surface area contributed by atoms with E-state index < -0.39 is 6.43 Å². The van der Waals surface area contributed by atoms with E-state index in [9.17, 15) is 8.78 Å². The molecule has 0 unspecified atom stereocenters. The third-order valence-electron chi connectivity index (χ3n) is 1.60. The number of anilines is 1. The lowest BCUT2D eigenvalue weighted by Crippen LogP contribution is -2.05. The molecule has 0 aliphatic rings. The first kappa shape index (κ1) is 9.92. The van der Waals surface area contributed by atoms with Gasteiger partial charge in [0.1, 0.15) is 0 Å². The molecule has 0 saturated carbocycles. The van der Waals surface area contributed by atoms with Gasteiger partial charge >= 0.3 is 0 Å². The summed E-state index contributed by atoms with van der Waals surface area (Å²) in [7, 11) is 0. The zero-order valence-electron chi connectivity index (χ0n) is 7.00. The van der Waals surface area contributed by atoms with Crippen molar-refractivity contribution < 1.29 is 13.9 Å². The van der Waals surface area contributed by atoms with Gasteiger partial charge in [-0.3, -0.25) is 0 Å². The molecule has 0 heterocycles. The smallest absolute Gasteiger partial charge is 0.263 e. The van der Waals surface area contributed by atoms with Crippen LogP contribution in [-0.2, 0) is 0 Å². The van der Waals surface area contributed by atoms with Crippen molar-refractivity contribution in [2.75, 3.05) is 18.5 Å². The van der Waals surface area contributed by atoms with E-state index in [1.54, 1.807) is 12.1 Å². The highest BCUT2D eigenvalue weighted by molar-refractivity contribution is 5.44. The molecule has 1 aromatic carbocycles. The Balaban J connectivity index is 2.59. The summed E-state index contributed by atoms with van der Waals surface area (Å²) < 4.78 is 24.2. The van der Waals surface area contributed by atoms with Crippen molar-refractivity contribution in [2.24, 2.45) is 0 Å². The summed E-state index contributed by atoms with van der Waals surface area (Å²) in [5, 5.41) is 11.4. The van der Waals surface area contributed by atoms with E-state index in [4.69, 9.17) is 5.11 Å². The second kappa shape index (κ2) is 4.77. The molecule has 0 aromatic heterocycles. The van der Waals surface area contributed by atoms with Gasteiger partial charge in [-0.25, -0.2) is 8.78 Å². The number of alkyl halides is 2. The monoisotopic (exact) mass is 187 g/mol. The van der Waals surface area contributed by atoms with Crippen LogP contribution in [0.15, 0.2) is 24.3 Å². The summed E-state index contributed by atoms with van der Waals surface area (Å²) in [6, 6.07) is 5.86. The fourth-order valence-electron chi connectivity index (χ4n) is 0.947. The van der Waals surface area contributed by atoms with E-state index in [0.29, 0.717) is 6.54 Å².